The third-order valence-corrected chi connectivity index (χ3v) is 4.25. The van der Waals surface area contributed by atoms with Crippen molar-refractivity contribution in [1.82, 2.24) is 10.6 Å². The number of amides is 1. The summed E-state index contributed by atoms with van der Waals surface area (Å²) in [5, 5.41) is 6.12. The van der Waals surface area contributed by atoms with Gasteiger partial charge in [0.1, 0.15) is 0 Å². The number of aryl methyl sites for hydroxylation is 1. The van der Waals surface area contributed by atoms with Crippen LogP contribution in [0.5, 0.6) is 0 Å². The van der Waals surface area contributed by atoms with Crippen LogP contribution >= 0.6 is 0 Å². The second kappa shape index (κ2) is 8.67. The number of carbonyl (C=O) groups excluding carboxylic acids is 2. The largest absolute Gasteiger partial charge is 0.469 e. The SMILES string of the molecule is COC(=O)C(CNC(=O)C1CCCCN1)Cc1cccc(C)c1. The average Bonchev–Trinajstić information content (AvgIpc) is 2.58. The van der Waals surface area contributed by atoms with Gasteiger partial charge in [0.05, 0.1) is 19.1 Å². The Balaban J connectivity index is 1.93. The summed E-state index contributed by atoms with van der Waals surface area (Å²) < 4.78 is 4.89. The molecule has 1 saturated heterocycles. The van der Waals surface area contributed by atoms with Crippen LogP contribution in [-0.4, -0.2) is 38.1 Å². The van der Waals surface area contributed by atoms with Crippen LogP contribution in [0.15, 0.2) is 24.3 Å². The Labute approximate surface area is 137 Å². The van der Waals surface area contributed by atoms with Gasteiger partial charge in [-0.15, -0.1) is 0 Å². The third-order valence-electron chi connectivity index (χ3n) is 4.25. The normalized spacial score (nSPS) is 19.0. The van der Waals surface area contributed by atoms with Crippen LogP contribution in [0.4, 0.5) is 0 Å². The first kappa shape index (κ1) is 17.5. The van der Waals surface area contributed by atoms with Gasteiger partial charge in [-0.3, -0.25) is 9.59 Å². The summed E-state index contributed by atoms with van der Waals surface area (Å²) in [4.78, 5) is 24.2. The predicted octanol–water partition coefficient (Wildman–Crippen LogP) is 1.59. The van der Waals surface area contributed by atoms with Gasteiger partial charge in [-0.2, -0.15) is 0 Å². The lowest BCUT2D eigenvalue weighted by Crippen LogP contribution is -2.48. The molecule has 1 aromatic carbocycles. The number of hydrogen-bond acceptors (Lipinski definition) is 4. The summed E-state index contributed by atoms with van der Waals surface area (Å²) in [6, 6.07) is 7.91. The van der Waals surface area contributed by atoms with E-state index in [0.29, 0.717) is 13.0 Å². The fraction of sp³-hybridized carbons (Fsp3) is 0.556. The van der Waals surface area contributed by atoms with E-state index in [1.165, 1.54) is 7.11 Å². The minimum absolute atomic E-state index is 0.0251. The molecule has 0 saturated carbocycles. The number of nitrogens with one attached hydrogen (secondary N) is 2. The minimum atomic E-state index is -0.366. The van der Waals surface area contributed by atoms with Crippen LogP contribution in [0.1, 0.15) is 30.4 Å². The highest BCUT2D eigenvalue weighted by molar-refractivity contribution is 5.82. The van der Waals surface area contributed by atoms with Crippen LogP contribution in [0, 0.1) is 12.8 Å². The zero-order valence-electron chi connectivity index (χ0n) is 13.9. The van der Waals surface area contributed by atoms with Crippen LogP contribution in [0.3, 0.4) is 0 Å². The van der Waals surface area contributed by atoms with E-state index in [1.807, 2.05) is 25.1 Å². The van der Waals surface area contributed by atoms with Crippen LogP contribution in [0.2, 0.25) is 0 Å². The summed E-state index contributed by atoms with van der Waals surface area (Å²) >= 11 is 0. The lowest BCUT2D eigenvalue weighted by atomic mass is 9.97. The Morgan fingerprint density at radius 3 is 2.87 bits per heavy atom. The first-order valence-corrected chi connectivity index (χ1v) is 8.24. The van der Waals surface area contributed by atoms with Crippen LogP contribution in [-0.2, 0) is 20.7 Å². The maximum Gasteiger partial charge on any atom is 0.310 e. The van der Waals surface area contributed by atoms with Crippen molar-refractivity contribution in [2.75, 3.05) is 20.2 Å². The standard InChI is InChI=1S/C18H26N2O3/c1-13-6-5-7-14(10-13)11-15(18(22)23-2)12-20-17(21)16-8-3-4-9-19-16/h5-7,10,15-16,19H,3-4,8-9,11-12H2,1-2H3,(H,20,21). The Kier molecular flexibility index (Phi) is 6.59. The predicted molar refractivity (Wildman–Crippen MR) is 89.0 cm³/mol. The number of carbonyl (C=O) groups is 2. The van der Waals surface area contributed by atoms with E-state index >= 15 is 0 Å². The molecule has 5 nitrogen and oxygen atoms in total. The molecular formula is C18H26N2O3. The van der Waals surface area contributed by atoms with Crippen LogP contribution in [0.25, 0.3) is 0 Å². The molecule has 0 aromatic heterocycles. The smallest absolute Gasteiger partial charge is 0.310 e. The van der Waals surface area contributed by atoms with Gasteiger partial charge in [-0.1, -0.05) is 36.2 Å². The molecule has 1 aliphatic heterocycles. The van der Waals surface area contributed by atoms with Crippen molar-refractivity contribution in [3.63, 3.8) is 0 Å². The second-order valence-electron chi connectivity index (χ2n) is 6.16. The molecule has 1 heterocycles. The highest BCUT2D eigenvalue weighted by Crippen LogP contribution is 2.13. The second-order valence-corrected chi connectivity index (χ2v) is 6.16. The highest BCUT2D eigenvalue weighted by atomic mass is 16.5. The fourth-order valence-corrected chi connectivity index (χ4v) is 2.95. The molecular weight excluding hydrogens is 292 g/mol. The molecule has 2 N–H and O–H groups in total. The van der Waals surface area contributed by atoms with Crippen molar-refractivity contribution < 1.29 is 14.3 Å². The average molecular weight is 318 g/mol. The van der Waals surface area contributed by atoms with E-state index < -0.39 is 0 Å². The molecule has 1 amide bonds. The van der Waals surface area contributed by atoms with Gasteiger partial charge < -0.3 is 15.4 Å². The van der Waals surface area contributed by atoms with E-state index in [2.05, 4.69) is 16.7 Å². The molecule has 2 atom stereocenters. The van der Waals surface area contributed by atoms with Crippen molar-refractivity contribution in [2.45, 2.75) is 38.6 Å². The number of methoxy groups -OCH3 is 1. The van der Waals surface area contributed by atoms with E-state index in [-0.39, 0.29) is 23.8 Å². The maximum atomic E-state index is 12.2. The molecule has 1 aromatic rings. The van der Waals surface area contributed by atoms with Gasteiger partial charge in [0.15, 0.2) is 0 Å². The summed E-state index contributed by atoms with van der Waals surface area (Å²) in [5.74, 6) is -0.680. The fourth-order valence-electron chi connectivity index (χ4n) is 2.95. The van der Waals surface area contributed by atoms with Gasteiger partial charge in [-0.05, 0) is 38.3 Å². The first-order valence-electron chi connectivity index (χ1n) is 8.24. The zero-order valence-corrected chi connectivity index (χ0v) is 13.9. The number of hydrogen-bond donors (Lipinski definition) is 2. The molecule has 2 unspecified atom stereocenters. The van der Waals surface area contributed by atoms with E-state index in [4.69, 9.17) is 4.74 Å². The molecule has 0 aliphatic carbocycles. The summed E-state index contributed by atoms with van der Waals surface area (Å²) in [6.45, 7) is 3.20. The number of esters is 1. The highest BCUT2D eigenvalue weighted by Gasteiger charge is 2.24. The summed E-state index contributed by atoms with van der Waals surface area (Å²) in [5.41, 5.74) is 2.23. The molecule has 0 bridgehead atoms. The van der Waals surface area contributed by atoms with Gasteiger partial charge in [0.25, 0.3) is 0 Å². The molecule has 23 heavy (non-hydrogen) atoms. The maximum absolute atomic E-state index is 12.2. The van der Waals surface area contributed by atoms with Crippen molar-refractivity contribution >= 4 is 11.9 Å². The van der Waals surface area contributed by atoms with E-state index in [9.17, 15) is 9.59 Å². The lowest BCUT2D eigenvalue weighted by molar-refractivity contribution is -0.145. The Morgan fingerprint density at radius 2 is 2.22 bits per heavy atom. The first-order chi connectivity index (χ1) is 11.1. The van der Waals surface area contributed by atoms with Crippen LogP contribution < -0.4 is 10.6 Å². The summed E-state index contributed by atoms with van der Waals surface area (Å²) in [7, 11) is 1.39. The van der Waals surface area contributed by atoms with Gasteiger partial charge in [0.2, 0.25) is 5.91 Å². The molecule has 126 valence electrons. The lowest BCUT2D eigenvalue weighted by Gasteiger charge is -2.23. The molecule has 2 rings (SSSR count). The van der Waals surface area contributed by atoms with Crippen molar-refractivity contribution in [3.8, 4) is 0 Å². The number of rotatable bonds is 6. The molecule has 1 aliphatic rings. The van der Waals surface area contributed by atoms with Crippen molar-refractivity contribution in [1.29, 1.82) is 0 Å². The molecule has 0 radical (unpaired) electrons. The van der Waals surface area contributed by atoms with Gasteiger partial charge in [-0.25, -0.2) is 0 Å². The quantitative estimate of drug-likeness (QED) is 0.782. The minimum Gasteiger partial charge on any atom is -0.469 e. The topological polar surface area (TPSA) is 67.4 Å². The summed E-state index contributed by atoms with van der Waals surface area (Å²) in [6.07, 6.45) is 3.59. The van der Waals surface area contributed by atoms with Crippen molar-refractivity contribution in [2.24, 2.45) is 5.92 Å². The van der Waals surface area contributed by atoms with Crippen molar-refractivity contribution in [3.05, 3.63) is 35.4 Å². The van der Waals surface area contributed by atoms with Gasteiger partial charge in [0, 0.05) is 6.54 Å². The van der Waals surface area contributed by atoms with E-state index in [1.54, 1.807) is 0 Å². The number of piperidine rings is 1. The Bertz CT molecular complexity index is 539. The molecule has 5 heteroatoms. The Hall–Kier alpha value is -1.88. The monoisotopic (exact) mass is 318 g/mol. The van der Waals surface area contributed by atoms with E-state index in [0.717, 1.165) is 36.9 Å². The molecule has 1 fully saturated rings. The number of ether oxygens (including phenoxy) is 1. The zero-order chi connectivity index (χ0) is 16.7. The Morgan fingerprint density at radius 1 is 1.39 bits per heavy atom. The number of benzene rings is 1. The van der Waals surface area contributed by atoms with Gasteiger partial charge >= 0.3 is 5.97 Å². The third kappa shape index (κ3) is 5.36. The molecule has 0 spiro atoms.